The van der Waals surface area contributed by atoms with Crippen LogP contribution in [0.3, 0.4) is 0 Å². The molecule has 1 amide bonds. The maximum atomic E-state index is 13.3. The second-order valence-corrected chi connectivity index (χ2v) is 8.88. The van der Waals surface area contributed by atoms with Crippen molar-refractivity contribution in [2.45, 2.75) is 32.4 Å². The van der Waals surface area contributed by atoms with Crippen LogP contribution < -0.4 is 9.64 Å². The monoisotopic (exact) mass is 484 g/mol. The Balaban J connectivity index is 1.60. The van der Waals surface area contributed by atoms with Crippen LogP contribution in [-0.2, 0) is 20.7 Å². The highest BCUT2D eigenvalue weighted by molar-refractivity contribution is 6.51. The molecule has 3 aromatic rings. The number of carbonyl (C=O) groups is 3. The minimum atomic E-state index is -0.906. The maximum Gasteiger partial charge on any atom is 0.338 e. The molecule has 1 atom stereocenters. The second-order valence-electron chi connectivity index (χ2n) is 8.88. The first-order valence-corrected chi connectivity index (χ1v) is 11.6. The number of ketones is 1. The number of fused-ring (bicyclic) bond motifs is 1. The topological polar surface area (TPSA) is 106 Å². The third kappa shape index (κ3) is 4.11. The summed E-state index contributed by atoms with van der Waals surface area (Å²) >= 11 is 0. The number of esters is 1. The molecule has 36 heavy (non-hydrogen) atoms. The van der Waals surface area contributed by atoms with Crippen molar-refractivity contribution in [1.82, 2.24) is 4.98 Å². The molecule has 0 aliphatic carbocycles. The number of aliphatic hydroxyl groups excluding tert-OH is 1. The minimum Gasteiger partial charge on any atom is -0.507 e. The fourth-order valence-electron chi connectivity index (χ4n) is 4.48. The molecule has 1 unspecified atom stereocenters. The van der Waals surface area contributed by atoms with E-state index in [9.17, 15) is 19.5 Å². The molecule has 182 valence electrons. The van der Waals surface area contributed by atoms with Gasteiger partial charge in [-0.15, -0.1) is 0 Å². The number of Topliss-reactive ketones (excluding diaryl/α,β-unsaturated/α-hetero) is 1. The van der Waals surface area contributed by atoms with Crippen LogP contribution in [0.2, 0.25) is 0 Å². The van der Waals surface area contributed by atoms with Crippen LogP contribution in [0.25, 0.3) is 5.76 Å². The van der Waals surface area contributed by atoms with Crippen LogP contribution in [0.15, 0.2) is 72.6 Å². The van der Waals surface area contributed by atoms with E-state index in [4.69, 9.17) is 9.47 Å². The van der Waals surface area contributed by atoms with Crippen LogP contribution in [-0.4, -0.2) is 40.5 Å². The lowest BCUT2D eigenvalue weighted by molar-refractivity contribution is -0.132. The average Bonchev–Trinajstić information content (AvgIpc) is 3.46. The molecule has 2 aliphatic heterocycles. The SMILES string of the molecule is CC(C)OC(=O)c1ccc(N2C(=O)C(=O)/C(=C(\O)c3ccc4c(c3)CCO4)C2c2cccnc2)cc1. The van der Waals surface area contributed by atoms with E-state index in [1.165, 1.54) is 4.90 Å². The molecule has 8 heteroatoms. The summed E-state index contributed by atoms with van der Waals surface area (Å²) in [7, 11) is 0. The van der Waals surface area contributed by atoms with E-state index in [1.807, 2.05) is 0 Å². The van der Waals surface area contributed by atoms with Gasteiger partial charge in [0.05, 0.1) is 29.9 Å². The zero-order chi connectivity index (χ0) is 25.4. The normalized spacial score (nSPS) is 18.3. The molecule has 1 fully saturated rings. The maximum absolute atomic E-state index is 13.3. The molecule has 2 aromatic carbocycles. The highest BCUT2D eigenvalue weighted by Gasteiger charge is 2.47. The van der Waals surface area contributed by atoms with Gasteiger partial charge in [0.25, 0.3) is 11.7 Å². The third-order valence-corrected chi connectivity index (χ3v) is 6.13. The van der Waals surface area contributed by atoms with Crippen LogP contribution in [0, 0.1) is 0 Å². The van der Waals surface area contributed by atoms with E-state index >= 15 is 0 Å². The number of pyridine rings is 1. The van der Waals surface area contributed by atoms with Gasteiger partial charge in [-0.1, -0.05) is 6.07 Å². The number of ether oxygens (including phenoxy) is 2. The summed E-state index contributed by atoms with van der Waals surface area (Å²) in [6.45, 7) is 4.07. The Bertz CT molecular complexity index is 1380. The number of amides is 1. The van der Waals surface area contributed by atoms with Gasteiger partial charge in [0.15, 0.2) is 0 Å². The molecular formula is C28H24N2O6. The fourth-order valence-corrected chi connectivity index (χ4v) is 4.48. The Kier molecular flexibility index (Phi) is 6.01. The quantitative estimate of drug-likeness (QED) is 0.250. The molecule has 1 saturated heterocycles. The van der Waals surface area contributed by atoms with Gasteiger partial charge in [0, 0.05) is 30.1 Å². The minimum absolute atomic E-state index is 0.0323. The first-order chi connectivity index (χ1) is 17.3. The summed E-state index contributed by atoms with van der Waals surface area (Å²) in [6, 6.07) is 14.0. The van der Waals surface area contributed by atoms with Crippen LogP contribution in [0.5, 0.6) is 5.75 Å². The zero-order valence-electron chi connectivity index (χ0n) is 19.8. The summed E-state index contributed by atoms with van der Waals surface area (Å²) in [5, 5.41) is 11.3. The van der Waals surface area contributed by atoms with Crippen molar-refractivity contribution in [3.63, 3.8) is 0 Å². The predicted molar refractivity (Wildman–Crippen MR) is 132 cm³/mol. The summed E-state index contributed by atoms with van der Waals surface area (Å²) < 4.78 is 10.8. The highest BCUT2D eigenvalue weighted by atomic mass is 16.5. The Morgan fingerprint density at radius 2 is 1.86 bits per heavy atom. The lowest BCUT2D eigenvalue weighted by atomic mass is 9.95. The van der Waals surface area contributed by atoms with Crippen molar-refractivity contribution in [2.24, 2.45) is 0 Å². The molecule has 1 aromatic heterocycles. The first kappa shape index (κ1) is 23.3. The van der Waals surface area contributed by atoms with Gasteiger partial charge in [0.1, 0.15) is 11.5 Å². The number of aromatic nitrogens is 1. The Morgan fingerprint density at radius 3 is 2.56 bits per heavy atom. The van der Waals surface area contributed by atoms with E-state index in [-0.39, 0.29) is 17.4 Å². The summed E-state index contributed by atoms with van der Waals surface area (Å²) in [5.41, 5.74) is 2.60. The van der Waals surface area contributed by atoms with Gasteiger partial charge in [-0.2, -0.15) is 0 Å². The molecule has 5 rings (SSSR count). The van der Waals surface area contributed by atoms with E-state index in [0.29, 0.717) is 35.4 Å². The molecule has 2 aliphatic rings. The summed E-state index contributed by atoms with van der Waals surface area (Å²) in [4.78, 5) is 44.3. The zero-order valence-corrected chi connectivity index (χ0v) is 19.8. The molecule has 0 bridgehead atoms. The second kappa shape index (κ2) is 9.30. The predicted octanol–water partition coefficient (Wildman–Crippen LogP) is 4.21. The summed E-state index contributed by atoms with van der Waals surface area (Å²) in [6.07, 6.45) is 3.57. The molecule has 0 radical (unpaired) electrons. The Morgan fingerprint density at radius 1 is 1.11 bits per heavy atom. The Hall–Kier alpha value is -4.46. The Labute approximate surface area is 207 Å². The molecule has 0 saturated carbocycles. The average molecular weight is 485 g/mol. The van der Waals surface area contributed by atoms with E-state index in [0.717, 1.165) is 11.3 Å². The number of rotatable bonds is 5. The molecular weight excluding hydrogens is 460 g/mol. The number of carbonyl (C=O) groups excluding carboxylic acids is 3. The number of hydrogen-bond donors (Lipinski definition) is 1. The standard InChI is InChI=1S/C28H24N2O6/c1-16(2)36-28(34)17-5-8-21(9-6-17)30-24(20-4-3-12-29-15-20)23(26(32)27(30)33)25(31)19-7-10-22-18(14-19)11-13-35-22/h3-10,12,14-16,24,31H,11,13H2,1-2H3/b25-23-. The molecule has 1 N–H and O–H groups in total. The van der Waals surface area contributed by atoms with Gasteiger partial charge in [-0.3, -0.25) is 19.5 Å². The van der Waals surface area contributed by atoms with Gasteiger partial charge >= 0.3 is 5.97 Å². The van der Waals surface area contributed by atoms with Crippen molar-refractivity contribution in [3.8, 4) is 5.75 Å². The van der Waals surface area contributed by atoms with E-state index < -0.39 is 23.7 Å². The van der Waals surface area contributed by atoms with Crippen molar-refractivity contribution in [2.75, 3.05) is 11.5 Å². The van der Waals surface area contributed by atoms with Gasteiger partial charge < -0.3 is 14.6 Å². The van der Waals surface area contributed by atoms with E-state index in [2.05, 4.69) is 4.98 Å². The largest absolute Gasteiger partial charge is 0.507 e. The van der Waals surface area contributed by atoms with Crippen molar-refractivity contribution in [3.05, 3.63) is 94.8 Å². The smallest absolute Gasteiger partial charge is 0.338 e. The van der Waals surface area contributed by atoms with Crippen molar-refractivity contribution < 1.29 is 29.0 Å². The lowest BCUT2D eigenvalue weighted by Gasteiger charge is -2.25. The lowest BCUT2D eigenvalue weighted by Crippen LogP contribution is -2.29. The van der Waals surface area contributed by atoms with E-state index in [1.54, 1.807) is 80.8 Å². The molecule has 0 spiro atoms. The highest BCUT2D eigenvalue weighted by Crippen LogP contribution is 2.42. The van der Waals surface area contributed by atoms with Crippen LogP contribution >= 0.6 is 0 Å². The fraction of sp³-hybridized carbons (Fsp3) is 0.214. The number of nitrogens with zero attached hydrogens (tertiary/aromatic N) is 2. The third-order valence-electron chi connectivity index (χ3n) is 6.13. The number of hydrogen-bond acceptors (Lipinski definition) is 7. The molecule has 8 nitrogen and oxygen atoms in total. The number of benzene rings is 2. The van der Waals surface area contributed by atoms with Crippen molar-refractivity contribution in [1.29, 1.82) is 0 Å². The first-order valence-electron chi connectivity index (χ1n) is 11.6. The summed E-state index contributed by atoms with van der Waals surface area (Å²) in [5.74, 6) is -1.60. The van der Waals surface area contributed by atoms with Gasteiger partial charge in [0.2, 0.25) is 0 Å². The van der Waals surface area contributed by atoms with Crippen molar-refractivity contribution >= 4 is 29.1 Å². The number of anilines is 1. The van der Waals surface area contributed by atoms with Gasteiger partial charge in [-0.05, 0) is 73.5 Å². The molecule has 3 heterocycles. The van der Waals surface area contributed by atoms with Crippen LogP contribution in [0.1, 0.15) is 46.9 Å². The number of aliphatic hydroxyl groups is 1. The van der Waals surface area contributed by atoms with Gasteiger partial charge in [-0.25, -0.2) is 4.79 Å². The van der Waals surface area contributed by atoms with Crippen LogP contribution in [0.4, 0.5) is 5.69 Å².